The lowest BCUT2D eigenvalue weighted by atomic mass is 9.74. The van der Waals surface area contributed by atoms with E-state index in [-0.39, 0.29) is 0 Å². The molecular formula is C17H36N2. The van der Waals surface area contributed by atoms with Gasteiger partial charge < -0.3 is 10.2 Å². The van der Waals surface area contributed by atoms with E-state index in [1.807, 2.05) is 0 Å². The highest BCUT2D eigenvalue weighted by molar-refractivity contribution is 4.86. The van der Waals surface area contributed by atoms with Crippen molar-refractivity contribution in [2.45, 2.75) is 72.8 Å². The highest BCUT2D eigenvalue weighted by atomic mass is 15.1. The lowest BCUT2D eigenvalue weighted by Gasteiger charge is -2.42. The van der Waals surface area contributed by atoms with E-state index in [2.05, 4.69) is 44.8 Å². The fourth-order valence-corrected chi connectivity index (χ4v) is 3.26. The zero-order valence-corrected chi connectivity index (χ0v) is 14.0. The van der Waals surface area contributed by atoms with Gasteiger partial charge in [0.1, 0.15) is 0 Å². The largest absolute Gasteiger partial charge is 0.316 e. The Morgan fingerprint density at radius 3 is 2.53 bits per heavy atom. The summed E-state index contributed by atoms with van der Waals surface area (Å²) >= 11 is 0. The minimum atomic E-state index is 0.434. The van der Waals surface area contributed by atoms with Gasteiger partial charge in [-0.15, -0.1) is 0 Å². The average Bonchev–Trinajstić information content (AvgIpc) is 2.38. The fraction of sp³-hybridized carbons (Fsp3) is 1.00. The summed E-state index contributed by atoms with van der Waals surface area (Å²) in [7, 11) is 0. The van der Waals surface area contributed by atoms with Crippen LogP contribution in [0.1, 0.15) is 66.7 Å². The standard InChI is InChI=1S/C17H36N2/c1-6-7-8-12-19(15(2)3)14-17(4,5)16-10-9-11-18-13-16/h15-16,18H,6-14H2,1-5H3. The van der Waals surface area contributed by atoms with Crippen molar-refractivity contribution in [2.75, 3.05) is 26.2 Å². The van der Waals surface area contributed by atoms with Gasteiger partial charge >= 0.3 is 0 Å². The van der Waals surface area contributed by atoms with Crippen molar-refractivity contribution in [3.05, 3.63) is 0 Å². The second-order valence-electron chi connectivity index (χ2n) is 7.30. The molecule has 1 N–H and O–H groups in total. The maximum atomic E-state index is 3.58. The normalized spacial score (nSPS) is 21.3. The summed E-state index contributed by atoms with van der Waals surface area (Å²) < 4.78 is 0. The van der Waals surface area contributed by atoms with Crippen LogP contribution >= 0.6 is 0 Å². The summed E-state index contributed by atoms with van der Waals surface area (Å²) in [5.74, 6) is 0.841. The van der Waals surface area contributed by atoms with Gasteiger partial charge in [-0.2, -0.15) is 0 Å². The summed E-state index contributed by atoms with van der Waals surface area (Å²) in [6.07, 6.45) is 6.80. The van der Waals surface area contributed by atoms with Crippen LogP contribution in [0.4, 0.5) is 0 Å². The molecule has 1 unspecified atom stereocenters. The first-order valence-corrected chi connectivity index (χ1v) is 8.42. The molecule has 0 aliphatic carbocycles. The van der Waals surface area contributed by atoms with Crippen molar-refractivity contribution >= 4 is 0 Å². The van der Waals surface area contributed by atoms with Crippen LogP contribution in [0, 0.1) is 11.3 Å². The maximum Gasteiger partial charge on any atom is 0.00388 e. The van der Waals surface area contributed by atoms with Crippen LogP contribution in [0.25, 0.3) is 0 Å². The lowest BCUT2D eigenvalue weighted by Crippen LogP contribution is -2.46. The van der Waals surface area contributed by atoms with Gasteiger partial charge in [-0.1, -0.05) is 33.6 Å². The minimum absolute atomic E-state index is 0.434. The number of unbranched alkanes of at least 4 members (excludes halogenated alkanes) is 2. The van der Waals surface area contributed by atoms with Crippen LogP contribution in [0.3, 0.4) is 0 Å². The number of nitrogens with one attached hydrogen (secondary N) is 1. The first-order valence-electron chi connectivity index (χ1n) is 8.42. The zero-order chi connectivity index (χ0) is 14.3. The van der Waals surface area contributed by atoms with E-state index in [1.165, 1.54) is 58.3 Å². The SMILES string of the molecule is CCCCCN(CC(C)(C)C1CCCNC1)C(C)C. The number of piperidine rings is 1. The predicted molar refractivity (Wildman–Crippen MR) is 85.6 cm³/mol. The molecule has 19 heavy (non-hydrogen) atoms. The van der Waals surface area contributed by atoms with Gasteiger partial charge in [-0.05, 0) is 64.1 Å². The summed E-state index contributed by atoms with van der Waals surface area (Å²) in [6.45, 7) is 16.9. The van der Waals surface area contributed by atoms with E-state index in [9.17, 15) is 0 Å². The van der Waals surface area contributed by atoms with Gasteiger partial charge in [0.2, 0.25) is 0 Å². The van der Waals surface area contributed by atoms with Crippen molar-refractivity contribution in [3.63, 3.8) is 0 Å². The average molecular weight is 268 g/mol. The number of hydrogen-bond donors (Lipinski definition) is 1. The Hall–Kier alpha value is -0.0800. The predicted octanol–water partition coefficient (Wildman–Crippen LogP) is 3.91. The highest BCUT2D eigenvalue weighted by Gasteiger charge is 2.32. The Balaban J connectivity index is 2.50. The maximum absolute atomic E-state index is 3.58. The molecule has 2 heteroatoms. The lowest BCUT2D eigenvalue weighted by molar-refractivity contribution is 0.0814. The molecule has 1 atom stereocenters. The Morgan fingerprint density at radius 2 is 2.00 bits per heavy atom. The van der Waals surface area contributed by atoms with Gasteiger partial charge in [0.05, 0.1) is 0 Å². The van der Waals surface area contributed by atoms with E-state index in [0.29, 0.717) is 11.5 Å². The highest BCUT2D eigenvalue weighted by Crippen LogP contribution is 2.33. The molecule has 0 aromatic rings. The molecule has 0 spiro atoms. The van der Waals surface area contributed by atoms with Crippen LogP contribution in [-0.2, 0) is 0 Å². The van der Waals surface area contributed by atoms with E-state index in [1.54, 1.807) is 0 Å². The molecule has 114 valence electrons. The van der Waals surface area contributed by atoms with E-state index < -0.39 is 0 Å². The molecule has 0 amide bonds. The van der Waals surface area contributed by atoms with Crippen LogP contribution in [0.2, 0.25) is 0 Å². The monoisotopic (exact) mass is 268 g/mol. The Morgan fingerprint density at radius 1 is 1.26 bits per heavy atom. The van der Waals surface area contributed by atoms with Crippen LogP contribution < -0.4 is 5.32 Å². The van der Waals surface area contributed by atoms with Gasteiger partial charge in [-0.3, -0.25) is 0 Å². The van der Waals surface area contributed by atoms with Crippen molar-refractivity contribution in [3.8, 4) is 0 Å². The molecule has 1 aliphatic heterocycles. The van der Waals surface area contributed by atoms with Crippen molar-refractivity contribution in [1.29, 1.82) is 0 Å². The first kappa shape index (κ1) is 17.0. The molecule has 0 bridgehead atoms. The third-order valence-corrected chi connectivity index (χ3v) is 4.79. The van der Waals surface area contributed by atoms with E-state index in [0.717, 1.165) is 5.92 Å². The van der Waals surface area contributed by atoms with Crippen molar-refractivity contribution < 1.29 is 0 Å². The molecular weight excluding hydrogens is 232 g/mol. The van der Waals surface area contributed by atoms with Crippen molar-refractivity contribution in [2.24, 2.45) is 11.3 Å². The number of nitrogens with zero attached hydrogens (tertiary/aromatic N) is 1. The van der Waals surface area contributed by atoms with E-state index >= 15 is 0 Å². The van der Waals surface area contributed by atoms with Crippen LogP contribution in [0.15, 0.2) is 0 Å². The Kier molecular flexibility index (Phi) is 7.38. The molecule has 0 radical (unpaired) electrons. The second-order valence-corrected chi connectivity index (χ2v) is 7.30. The van der Waals surface area contributed by atoms with Gasteiger partial charge in [0, 0.05) is 12.6 Å². The molecule has 0 aromatic carbocycles. The van der Waals surface area contributed by atoms with Crippen molar-refractivity contribution in [1.82, 2.24) is 10.2 Å². The molecule has 2 nitrogen and oxygen atoms in total. The van der Waals surface area contributed by atoms with Crippen LogP contribution in [0.5, 0.6) is 0 Å². The van der Waals surface area contributed by atoms with E-state index in [4.69, 9.17) is 0 Å². The quantitative estimate of drug-likeness (QED) is 0.671. The smallest absolute Gasteiger partial charge is 0.00388 e. The summed E-state index contributed by atoms with van der Waals surface area (Å²) in [4.78, 5) is 2.70. The van der Waals surface area contributed by atoms with Gasteiger partial charge in [0.15, 0.2) is 0 Å². The third-order valence-electron chi connectivity index (χ3n) is 4.79. The molecule has 0 aromatic heterocycles. The molecule has 1 rings (SSSR count). The minimum Gasteiger partial charge on any atom is -0.316 e. The molecule has 1 fully saturated rings. The summed E-state index contributed by atoms with van der Waals surface area (Å²) in [6, 6.07) is 0.674. The molecule has 1 aliphatic rings. The second kappa shape index (κ2) is 8.26. The Labute approximate surface area is 121 Å². The van der Waals surface area contributed by atoms with Gasteiger partial charge in [0.25, 0.3) is 0 Å². The number of rotatable bonds is 8. The topological polar surface area (TPSA) is 15.3 Å². The third kappa shape index (κ3) is 5.83. The van der Waals surface area contributed by atoms with Gasteiger partial charge in [-0.25, -0.2) is 0 Å². The van der Waals surface area contributed by atoms with Crippen LogP contribution in [-0.4, -0.2) is 37.1 Å². The first-order chi connectivity index (χ1) is 8.97. The molecule has 1 heterocycles. The molecule has 0 saturated carbocycles. The fourth-order valence-electron chi connectivity index (χ4n) is 3.26. The Bertz CT molecular complexity index is 229. The summed E-state index contributed by atoms with van der Waals surface area (Å²) in [5.41, 5.74) is 0.434. The number of hydrogen-bond acceptors (Lipinski definition) is 2. The molecule has 1 saturated heterocycles. The summed E-state index contributed by atoms with van der Waals surface area (Å²) in [5, 5.41) is 3.58. The zero-order valence-electron chi connectivity index (χ0n) is 14.0.